The average molecular weight is 283 g/mol. The van der Waals surface area contributed by atoms with Crippen LogP contribution in [0, 0.1) is 0 Å². The van der Waals surface area contributed by atoms with Crippen molar-refractivity contribution >= 4 is 11.8 Å². The second-order valence-corrected chi connectivity index (χ2v) is 5.43. The fourth-order valence-corrected chi connectivity index (χ4v) is 2.62. The Morgan fingerprint density at radius 3 is 2.75 bits per heavy atom. The predicted molar refractivity (Wildman–Crippen MR) is 75.3 cm³/mol. The highest BCUT2D eigenvalue weighted by Gasteiger charge is 2.18. The quantitative estimate of drug-likeness (QED) is 0.738. The number of piperazine rings is 1. The molecule has 1 unspecified atom stereocenters. The van der Waals surface area contributed by atoms with E-state index in [1.807, 2.05) is 0 Å². The Morgan fingerprint density at radius 2 is 2.05 bits per heavy atom. The van der Waals surface area contributed by atoms with E-state index < -0.39 is 0 Å². The zero-order valence-electron chi connectivity index (χ0n) is 12.0. The molecule has 6 heteroatoms. The molecule has 0 spiro atoms. The van der Waals surface area contributed by atoms with E-state index in [0.717, 1.165) is 52.0 Å². The van der Waals surface area contributed by atoms with Crippen LogP contribution >= 0.6 is 0 Å². The second-order valence-electron chi connectivity index (χ2n) is 5.43. The van der Waals surface area contributed by atoms with Crippen molar-refractivity contribution in [2.75, 3.05) is 39.3 Å². The fraction of sp³-hybridized carbons (Fsp3) is 0.857. The van der Waals surface area contributed by atoms with E-state index in [4.69, 9.17) is 4.74 Å². The summed E-state index contributed by atoms with van der Waals surface area (Å²) in [5.74, 6) is -0.0450. The highest BCUT2D eigenvalue weighted by atomic mass is 16.5. The maximum atomic E-state index is 11.9. The van der Waals surface area contributed by atoms with Gasteiger partial charge < -0.3 is 20.3 Å². The molecule has 0 radical (unpaired) electrons. The minimum atomic E-state index is -0.0531. The summed E-state index contributed by atoms with van der Waals surface area (Å²) in [4.78, 5) is 25.4. The second kappa shape index (κ2) is 8.21. The number of nitrogens with zero attached hydrogens (tertiary/aromatic N) is 1. The number of nitrogens with one attached hydrogen (secondary N) is 2. The van der Waals surface area contributed by atoms with Crippen molar-refractivity contribution in [3.05, 3.63) is 0 Å². The molecule has 2 N–H and O–H groups in total. The van der Waals surface area contributed by atoms with Crippen molar-refractivity contribution in [2.24, 2.45) is 0 Å². The lowest BCUT2D eigenvalue weighted by molar-refractivity contribution is -0.133. The SMILES string of the molecule is O=C(CCC1CCCCO1)NCC(=O)N1CCNCC1. The van der Waals surface area contributed by atoms with Crippen LogP contribution in [0.25, 0.3) is 0 Å². The molecule has 2 fully saturated rings. The van der Waals surface area contributed by atoms with Crippen LogP contribution in [-0.2, 0) is 14.3 Å². The van der Waals surface area contributed by atoms with Gasteiger partial charge in [0.05, 0.1) is 12.6 Å². The number of carbonyl (C=O) groups excluding carboxylic acids is 2. The average Bonchev–Trinajstić information content (AvgIpc) is 2.52. The van der Waals surface area contributed by atoms with Crippen LogP contribution in [-0.4, -0.2) is 62.1 Å². The number of hydrogen-bond donors (Lipinski definition) is 2. The fourth-order valence-electron chi connectivity index (χ4n) is 2.62. The molecule has 0 saturated carbocycles. The number of amides is 2. The minimum Gasteiger partial charge on any atom is -0.378 e. The van der Waals surface area contributed by atoms with E-state index >= 15 is 0 Å². The highest BCUT2D eigenvalue weighted by molar-refractivity contribution is 5.84. The molecule has 20 heavy (non-hydrogen) atoms. The van der Waals surface area contributed by atoms with E-state index in [1.54, 1.807) is 4.90 Å². The first-order chi connectivity index (χ1) is 9.75. The van der Waals surface area contributed by atoms with Crippen LogP contribution in [0.4, 0.5) is 0 Å². The van der Waals surface area contributed by atoms with Gasteiger partial charge in [0, 0.05) is 39.2 Å². The number of carbonyl (C=O) groups is 2. The smallest absolute Gasteiger partial charge is 0.242 e. The molecule has 1 atom stereocenters. The van der Waals surface area contributed by atoms with Crippen LogP contribution in [0.5, 0.6) is 0 Å². The Hall–Kier alpha value is -1.14. The van der Waals surface area contributed by atoms with Crippen molar-refractivity contribution in [3.63, 3.8) is 0 Å². The van der Waals surface area contributed by atoms with Crippen LogP contribution in [0.1, 0.15) is 32.1 Å². The van der Waals surface area contributed by atoms with Gasteiger partial charge >= 0.3 is 0 Å². The molecule has 2 aliphatic heterocycles. The summed E-state index contributed by atoms with van der Waals surface area (Å²) in [7, 11) is 0. The number of hydrogen-bond acceptors (Lipinski definition) is 4. The van der Waals surface area contributed by atoms with Gasteiger partial charge in [-0.25, -0.2) is 0 Å². The van der Waals surface area contributed by atoms with Crippen molar-refractivity contribution in [1.82, 2.24) is 15.5 Å². The highest BCUT2D eigenvalue weighted by Crippen LogP contribution is 2.16. The van der Waals surface area contributed by atoms with Crippen LogP contribution in [0.15, 0.2) is 0 Å². The lowest BCUT2D eigenvalue weighted by Gasteiger charge is -2.27. The molecular formula is C14H25N3O3. The first-order valence-corrected chi connectivity index (χ1v) is 7.62. The molecule has 0 aliphatic carbocycles. The van der Waals surface area contributed by atoms with Crippen LogP contribution < -0.4 is 10.6 Å². The summed E-state index contributed by atoms with van der Waals surface area (Å²) < 4.78 is 5.59. The largest absolute Gasteiger partial charge is 0.378 e. The molecule has 114 valence electrons. The Bertz CT molecular complexity index is 324. The molecule has 2 amide bonds. The lowest BCUT2D eigenvalue weighted by atomic mass is 10.0. The monoisotopic (exact) mass is 283 g/mol. The summed E-state index contributed by atoms with van der Waals surface area (Å²) >= 11 is 0. The maximum Gasteiger partial charge on any atom is 0.242 e. The predicted octanol–water partition coefficient (Wildman–Crippen LogP) is -0.116. The molecule has 2 heterocycles. The zero-order valence-corrected chi connectivity index (χ0v) is 12.0. The summed E-state index contributed by atoms with van der Waals surface area (Å²) in [5.41, 5.74) is 0. The van der Waals surface area contributed by atoms with Crippen LogP contribution in [0.3, 0.4) is 0 Å². The lowest BCUT2D eigenvalue weighted by Crippen LogP contribution is -2.49. The normalized spacial score (nSPS) is 23.4. The Morgan fingerprint density at radius 1 is 1.25 bits per heavy atom. The van der Waals surface area contributed by atoms with Gasteiger partial charge in [0.25, 0.3) is 0 Å². The van der Waals surface area contributed by atoms with Crippen molar-refractivity contribution in [1.29, 1.82) is 0 Å². The maximum absolute atomic E-state index is 11.9. The van der Waals surface area contributed by atoms with Crippen molar-refractivity contribution in [2.45, 2.75) is 38.2 Å². The van der Waals surface area contributed by atoms with E-state index in [0.29, 0.717) is 6.42 Å². The molecule has 0 aromatic carbocycles. The number of rotatable bonds is 5. The third-order valence-corrected chi connectivity index (χ3v) is 3.87. The summed E-state index contributed by atoms with van der Waals surface area (Å²) in [5, 5.41) is 5.91. The van der Waals surface area contributed by atoms with Gasteiger partial charge in [-0.15, -0.1) is 0 Å². The molecule has 6 nitrogen and oxygen atoms in total. The molecule has 0 aromatic heterocycles. The number of ether oxygens (including phenoxy) is 1. The Kier molecular flexibility index (Phi) is 6.26. The molecule has 2 saturated heterocycles. The van der Waals surface area contributed by atoms with Gasteiger partial charge in [0.1, 0.15) is 0 Å². The first-order valence-electron chi connectivity index (χ1n) is 7.62. The standard InChI is InChI=1S/C14H25N3O3/c18-13(5-4-12-3-1-2-10-20-12)16-11-14(19)17-8-6-15-7-9-17/h12,15H,1-11H2,(H,16,18). The van der Waals surface area contributed by atoms with Gasteiger partial charge in [-0.05, 0) is 25.7 Å². The molecule has 0 aromatic rings. The minimum absolute atomic E-state index is 0.00812. The first kappa shape index (κ1) is 15.3. The summed E-state index contributed by atoms with van der Waals surface area (Å²) in [6.45, 7) is 4.05. The summed E-state index contributed by atoms with van der Waals surface area (Å²) in [6.07, 6.45) is 4.79. The van der Waals surface area contributed by atoms with Crippen molar-refractivity contribution in [3.8, 4) is 0 Å². The topological polar surface area (TPSA) is 70.7 Å². The van der Waals surface area contributed by atoms with Crippen LogP contribution in [0.2, 0.25) is 0 Å². The molecular weight excluding hydrogens is 258 g/mol. The summed E-state index contributed by atoms with van der Waals surface area (Å²) in [6, 6.07) is 0. The Labute approximate surface area is 120 Å². The van der Waals surface area contributed by atoms with Gasteiger partial charge in [-0.3, -0.25) is 9.59 Å². The van der Waals surface area contributed by atoms with E-state index in [1.165, 1.54) is 6.42 Å². The molecule has 0 bridgehead atoms. The third kappa shape index (κ3) is 5.09. The van der Waals surface area contributed by atoms with E-state index in [2.05, 4.69) is 10.6 Å². The van der Waals surface area contributed by atoms with Gasteiger partial charge in [-0.2, -0.15) is 0 Å². The van der Waals surface area contributed by atoms with E-state index in [-0.39, 0.29) is 24.5 Å². The third-order valence-electron chi connectivity index (χ3n) is 3.87. The van der Waals surface area contributed by atoms with Gasteiger partial charge in [-0.1, -0.05) is 0 Å². The van der Waals surface area contributed by atoms with Gasteiger partial charge in [0.2, 0.25) is 11.8 Å². The Balaban J connectivity index is 1.58. The zero-order chi connectivity index (χ0) is 14.2. The van der Waals surface area contributed by atoms with Gasteiger partial charge in [0.15, 0.2) is 0 Å². The van der Waals surface area contributed by atoms with Crippen molar-refractivity contribution < 1.29 is 14.3 Å². The molecule has 2 rings (SSSR count). The molecule has 2 aliphatic rings. The van der Waals surface area contributed by atoms with E-state index in [9.17, 15) is 9.59 Å².